The second kappa shape index (κ2) is 11.2. The molecule has 0 spiro atoms. The standard InChI is InChI=1S/C29H31BrN2O4/c1-4-7-18-11-24-28(25(34)12-18)27(22(15-31)17(3)32-24)20-13-23(30)29(26(14-20)35-5-2)36-16-19-8-6-9-21(33)10-19/h6,8-10,13-14,18,27,32-33H,4-5,7,11-12,16H2,1-3H3. The summed E-state index contributed by atoms with van der Waals surface area (Å²) in [5, 5.41) is 23.2. The lowest BCUT2D eigenvalue weighted by atomic mass is 9.72. The largest absolute Gasteiger partial charge is 0.508 e. The SMILES string of the molecule is CCCC1CC(=O)C2=C(C1)NC(C)=C(C#N)C2c1cc(Br)c(OCc2cccc(O)c2)c(OCC)c1. The zero-order chi connectivity index (χ0) is 25.8. The van der Waals surface area contributed by atoms with Crippen molar-refractivity contribution in [3.63, 3.8) is 0 Å². The number of phenolic OH excluding ortho intramolecular Hbond substituents is 1. The lowest BCUT2D eigenvalue weighted by Crippen LogP contribution is -2.34. The number of rotatable bonds is 8. The highest BCUT2D eigenvalue weighted by molar-refractivity contribution is 9.10. The van der Waals surface area contributed by atoms with Gasteiger partial charge in [0.15, 0.2) is 17.3 Å². The molecule has 6 nitrogen and oxygen atoms in total. The molecule has 2 aromatic carbocycles. The van der Waals surface area contributed by atoms with Crippen LogP contribution in [0.15, 0.2) is 63.4 Å². The average molecular weight is 551 g/mol. The maximum Gasteiger partial charge on any atom is 0.175 e. The minimum Gasteiger partial charge on any atom is -0.508 e. The Balaban J connectivity index is 1.74. The van der Waals surface area contributed by atoms with E-state index in [4.69, 9.17) is 9.47 Å². The molecular weight excluding hydrogens is 520 g/mol. The number of nitrogens with zero attached hydrogens (tertiary/aromatic N) is 1. The van der Waals surface area contributed by atoms with Crippen molar-refractivity contribution in [1.29, 1.82) is 5.26 Å². The van der Waals surface area contributed by atoms with Gasteiger partial charge in [-0.25, -0.2) is 0 Å². The molecule has 0 saturated heterocycles. The van der Waals surface area contributed by atoms with Crippen molar-refractivity contribution in [1.82, 2.24) is 5.32 Å². The van der Waals surface area contributed by atoms with Crippen molar-refractivity contribution >= 4 is 21.7 Å². The Morgan fingerprint density at radius 1 is 1.19 bits per heavy atom. The summed E-state index contributed by atoms with van der Waals surface area (Å²) < 4.78 is 12.7. The summed E-state index contributed by atoms with van der Waals surface area (Å²) in [5.41, 5.74) is 4.57. The fourth-order valence-corrected chi connectivity index (χ4v) is 5.75. The molecule has 0 radical (unpaired) electrons. The van der Waals surface area contributed by atoms with Crippen molar-refractivity contribution in [3.8, 4) is 23.3 Å². The number of carbonyl (C=O) groups is 1. The maximum atomic E-state index is 13.4. The third-order valence-corrected chi connectivity index (χ3v) is 7.28. The normalized spacial score (nSPS) is 19.5. The Morgan fingerprint density at radius 2 is 2.00 bits per heavy atom. The number of halogens is 1. The van der Waals surface area contributed by atoms with Crippen molar-refractivity contribution in [3.05, 3.63) is 74.5 Å². The number of nitriles is 1. The number of ether oxygens (including phenoxy) is 2. The third-order valence-electron chi connectivity index (χ3n) is 6.69. The number of hydrogen-bond acceptors (Lipinski definition) is 6. The Labute approximate surface area is 220 Å². The van der Waals surface area contributed by atoms with Crippen LogP contribution in [0.1, 0.15) is 63.5 Å². The van der Waals surface area contributed by atoms with E-state index in [2.05, 4.69) is 34.2 Å². The predicted octanol–water partition coefficient (Wildman–Crippen LogP) is 6.65. The zero-order valence-corrected chi connectivity index (χ0v) is 22.4. The smallest absolute Gasteiger partial charge is 0.175 e. The summed E-state index contributed by atoms with van der Waals surface area (Å²) >= 11 is 3.64. The van der Waals surface area contributed by atoms with Gasteiger partial charge in [0.1, 0.15) is 12.4 Å². The molecule has 7 heteroatoms. The van der Waals surface area contributed by atoms with Crippen molar-refractivity contribution < 1.29 is 19.4 Å². The molecule has 2 unspecified atom stereocenters. The first-order valence-corrected chi connectivity index (χ1v) is 13.2. The molecule has 0 saturated carbocycles. The van der Waals surface area contributed by atoms with E-state index in [9.17, 15) is 15.2 Å². The van der Waals surface area contributed by atoms with Gasteiger partial charge in [-0.2, -0.15) is 5.26 Å². The molecule has 2 atom stereocenters. The number of ketones is 1. The molecule has 1 aliphatic carbocycles. The van der Waals surface area contributed by atoms with Crippen molar-refractivity contribution in [2.45, 2.75) is 59.0 Å². The molecule has 2 aliphatic rings. The van der Waals surface area contributed by atoms with E-state index in [0.29, 0.717) is 46.1 Å². The fourth-order valence-electron chi connectivity index (χ4n) is 5.17. The van der Waals surface area contributed by atoms with Crippen LogP contribution < -0.4 is 14.8 Å². The van der Waals surface area contributed by atoms with Crippen LogP contribution in [0.25, 0.3) is 0 Å². The van der Waals surface area contributed by atoms with E-state index in [1.165, 1.54) is 0 Å². The molecule has 188 valence electrons. The van der Waals surface area contributed by atoms with Crippen LogP contribution in [0, 0.1) is 17.2 Å². The van der Waals surface area contributed by atoms with Gasteiger partial charge in [-0.1, -0.05) is 25.5 Å². The summed E-state index contributed by atoms with van der Waals surface area (Å²) in [6, 6.07) is 13.0. The second-order valence-corrected chi connectivity index (χ2v) is 10.2. The number of hydrogen-bond donors (Lipinski definition) is 2. The highest BCUT2D eigenvalue weighted by Crippen LogP contribution is 2.47. The molecule has 0 aromatic heterocycles. The summed E-state index contributed by atoms with van der Waals surface area (Å²) in [6.45, 7) is 6.61. The number of aromatic hydroxyl groups is 1. The van der Waals surface area contributed by atoms with Crippen LogP contribution in [-0.4, -0.2) is 17.5 Å². The van der Waals surface area contributed by atoms with Gasteiger partial charge >= 0.3 is 0 Å². The van der Waals surface area contributed by atoms with Gasteiger partial charge in [-0.05, 0) is 83.9 Å². The number of benzene rings is 2. The first-order chi connectivity index (χ1) is 17.4. The average Bonchev–Trinajstić information content (AvgIpc) is 2.83. The second-order valence-electron chi connectivity index (χ2n) is 9.31. The van der Waals surface area contributed by atoms with Gasteiger partial charge in [0.05, 0.1) is 28.6 Å². The van der Waals surface area contributed by atoms with Gasteiger partial charge in [0, 0.05) is 23.4 Å². The van der Waals surface area contributed by atoms with Crippen LogP contribution in [0.3, 0.4) is 0 Å². The van der Waals surface area contributed by atoms with E-state index >= 15 is 0 Å². The summed E-state index contributed by atoms with van der Waals surface area (Å²) in [7, 11) is 0. The molecule has 1 aliphatic heterocycles. The van der Waals surface area contributed by atoms with Gasteiger partial charge in [0.25, 0.3) is 0 Å². The maximum absolute atomic E-state index is 13.4. The van der Waals surface area contributed by atoms with Crippen LogP contribution >= 0.6 is 15.9 Å². The number of Topliss-reactive ketones (excluding diaryl/α,β-unsaturated/α-hetero) is 1. The van der Waals surface area contributed by atoms with E-state index in [-0.39, 0.29) is 18.1 Å². The highest BCUT2D eigenvalue weighted by atomic mass is 79.9. The van der Waals surface area contributed by atoms with Gasteiger partial charge in [-0.3, -0.25) is 4.79 Å². The van der Waals surface area contributed by atoms with Crippen LogP contribution in [-0.2, 0) is 11.4 Å². The quantitative estimate of drug-likeness (QED) is 0.382. The molecular formula is C29H31BrN2O4. The van der Waals surface area contributed by atoms with E-state index in [1.807, 2.05) is 32.0 Å². The zero-order valence-electron chi connectivity index (χ0n) is 20.9. The van der Waals surface area contributed by atoms with E-state index in [0.717, 1.165) is 41.8 Å². The Hall–Kier alpha value is -3.24. The van der Waals surface area contributed by atoms with E-state index in [1.54, 1.807) is 18.2 Å². The summed E-state index contributed by atoms with van der Waals surface area (Å²) in [4.78, 5) is 13.4. The molecule has 2 aromatic rings. The summed E-state index contributed by atoms with van der Waals surface area (Å²) in [6.07, 6.45) is 3.37. The number of nitrogens with one attached hydrogen (secondary N) is 1. The summed E-state index contributed by atoms with van der Waals surface area (Å²) in [5.74, 6) is 1.21. The minimum absolute atomic E-state index is 0.103. The Kier molecular flexibility index (Phi) is 8.05. The van der Waals surface area contributed by atoms with Crippen molar-refractivity contribution in [2.24, 2.45) is 5.92 Å². The van der Waals surface area contributed by atoms with Crippen LogP contribution in [0.5, 0.6) is 17.2 Å². The number of dihydropyridines is 1. The predicted molar refractivity (Wildman–Crippen MR) is 142 cm³/mol. The van der Waals surface area contributed by atoms with Gasteiger partial charge < -0.3 is 19.9 Å². The van der Waals surface area contributed by atoms with Crippen LogP contribution in [0.4, 0.5) is 0 Å². The molecule has 0 bridgehead atoms. The molecule has 2 N–H and O–H groups in total. The first-order valence-electron chi connectivity index (χ1n) is 12.4. The molecule has 1 heterocycles. The Bertz CT molecular complexity index is 1270. The number of allylic oxidation sites excluding steroid dienone is 4. The number of phenols is 1. The Morgan fingerprint density at radius 3 is 2.69 bits per heavy atom. The van der Waals surface area contributed by atoms with Crippen molar-refractivity contribution in [2.75, 3.05) is 6.61 Å². The monoisotopic (exact) mass is 550 g/mol. The van der Waals surface area contributed by atoms with E-state index < -0.39 is 5.92 Å². The molecule has 36 heavy (non-hydrogen) atoms. The van der Waals surface area contributed by atoms with Crippen LogP contribution in [0.2, 0.25) is 0 Å². The third kappa shape index (κ3) is 5.29. The molecule has 0 amide bonds. The molecule has 4 rings (SSSR count). The molecule has 0 fully saturated rings. The van der Waals surface area contributed by atoms with Gasteiger partial charge in [0.2, 0.25) is 0 Å². The lowest BCUT2D eigenvalue weighted by Gasteiger charge is -2.35. The highest BCUT2D eigenvalue weighted by Gasteiger charge is 2.39. The topological polar surface area (TPSA) is 91.6 Å². The number of carbonyl (C=O) groups excluding carboxylic acids is 1. The first kappa shape index (κ1) is 25.8. The lowest BCUT2D eigenvalue weighted by molar-refractivity contribution is -0.117. The fraction of sp³-hybridized carbons (Fsp3) is 0.379. The minimum atomic E-state index is -0.461. The van der Waals surface area contributed by atoms with Gasteiger partial charge in [-0.15, -0.1) is 0 Å².